The molecule has 0 saturated heterocycles. The van der Waals surface area contributed by atoms with Crippen molar-refractivity contribution in [3.8, 4) is 0 Å². The number of nitrogens with zero attached hydrogens (tertiary/aromatic N) is 1. The van der Waals surface area contributed by atoms with E-state index in [9.17, 15) is 4.79 Å². The maximum Gasteiger partial charge on any atom is 0.327 e. The lowest BCUT2D eigenvalue weighted by atomic mass is 9.93. The summed E-state index contributed by atoms with van der Waals surface area (Å²) in [4.78, 5) is 14.1. The molecule has 2 aliphatic rings. The van der Waals surface area contributed by atoms with Gasteiger partial charge in [0.2, 0.25) is 0 Å². The van der Waals surface area contributed by atoms with Gasteiger partial charge in [-0.1, -0.05) is 0 Å². The number of esters is 1. The Morgan fingerprint density at radius 2 is 2.06 bits per heavy atom. The minimum absolute atomic E-state index is 0.255. The fraction of sp³-hybridized carbons (Fsp3) is 0.923. The van der Waals surface area contributed by atoms with Crippen LogP contribution in [-0.4, -0.2) is 43.2 Å². The smallest absolute Gasteiger partial charge is 0.327 e. The highest BCUT2D eigenvalue weighted by Crippen LogP contribution is 2.41. The largest absolute Gasteiger partial charge is 0.468 e. The number of ether oxygens (including phenoxy) is 1. The maximum absolute atomic E-state index is 11.9. The zero-order valence-corrected chi connectivity index (χ0v) is 11.1. The number of carbonyl (C=O) groups is 1. The van der Waals surface area contributed by atoms with Crippen LogP contribution in [0.2, 0.25) is 0 Å². The van der Waals surface area contributed by atoms with Crippen LogP contribution in [0.25, 0.3) is 0 Å². The van der Waals surface area contributed by atoms with Crippen molar-refractivity contribution in [1.29, 1.82) is 0 Å². The molecule has 2 unspecified atom stereocenters. The average Bonchev–Trinajstić information content (AvgIpc) is 3.18. The Morgan fingerprint density at radius 1 is 1.47 bits per heavy atom. The van der Waals surface area contributed by atoms with E-state index in [1.165, 1.54) is 20.0 Å². The molecule has 98 valence electrons. The van der Waals surface area contributed by atoms with Crippen LogP contribution in [0.5, 0.6) is 0 Å². The molecule has 2 rings (SSSR count). The van der Waals surface area contributed by atoms with E-state index < -0.39 is 5.54 Å². The predicted octanol–water partition coefficient (Wildman–Crippen LogP) is 0.997. The number of likely N-dealkylation sites (N-methyl/N-ethyl adjacent to an activating group) is 1. The fourth-order valence-electron chi connectivity index (χ4n) is 2.64. The number of carbonyl (C=O) groups excluding carboxylic acids is 1. The molecule has 0 aliphatic heterocycles. The summed E-state index contributed by atoms with van der Waals surface area (Å²) in [6.45, 7) is 2.84. The predicted molar refractivity (Wildman–Crippen MR) is 66.5 cm³/mol. The molecule has 0 heterocycles. The fourth-order valence-corrected chi connectivity index (χ4v) is 2.64. The Bertz CT molecular complexity index is 300. The van der Waals surface area contributed by atoms with E-state index in [0.717, 1.165) is 18.8 Å². The molecule has 2 saturated carbocycles. The van der Waals surface area contributed by atoms with Crippen LogP contribution < -0.4 is 5.73 Å². The summed E-state index contributed by atoms with van der Waals surface area (Å²) in [5.74, 6) is 0.847. The van der Waals surface area contributed by atoms with Crippen molar-refractivity contribution in [3.05, 3.63) is 0 Å². The van der Waals surface area contributed by atoms with E-state index in [4.69, 9.17) is 10.5 Å². The molecule has 0 aromatic rings. The van der Waals surface area contributed by atoms with Gasteiger partial charge in [-0.3, -0.25) is 4.79 Å². The molecule has 0 aromatic carbocycles. The zero-order valence-electron chi connectivity index (χ0n) is 11.1. The third kappa shape index (κ3) is 2.63. The number of methoxy groups -OCH3 is 1. The highest BCUT2D eigenvalue weighted by molar-refractivity contribution is 5.81. The summed E-state index contributed by atoms with van der Waals surface area (Å²) in [5.41, 5.74) is 5.50. The third-order valence-electron chi connectivity index (χ3n) is 4.38. The summed E-state index contributed by atoms with van der Waals surface area (Å²) in [7, 11) is 3.49. The van der Waals surface area contributed by atoms with Crippen molar-refractivity contribution in [3.63, 3.8) is 0 Å². The molecule has 2 atom stereocenters. The summed E-state index contributed by atoms with van der Waals surface area (Å²) in [5, 5.41) is 0. The van der Waals surface area contributed by atoms with Crippen molar-refractivity contribution in [2.75, 3.05) is 20.7 Å². The SMILES string of the molecule is COC(=O)C(N)(CN(C)C(C)C1CC1)C1CC1. The first kappa shape index (κ1) is 12.8. The van der Waals surface area contributed by atoms with Crippen LogP contribution in [0, 0.1) is 11.8 Å². The lowest BCUT2D eigenvalue weighted by Gasteiger charge is -2.34. The number of hydrogen-bond acceptors (Lipinski definition) is 4. The lowest BCUT2D eigenvalue weighted by molar-refractivity contribution is -0.149. The first-order valence-corrected chi connectivity index (χ1v) is 6.56. The highest BCUT2D eigenvalue weighted by atomic mass is 16.5. The van der Waals surface area contributed by atoms with E-state index in [1.807, 2.05) is 0 Å². The number of hydrogen-bond donors (Lipinski definition) is 1. The van der Waals surface area contributed by atoms with E-state index in [0.29, 0.717) is 18.5 Å². The van der Waals surface area contributed by atoms with Crippen LogP contribution in [0.15, 0.2) is 0 Å². The lowest BCUT2D eigenvalue weighted by Crippen LogP contribution is -2.59. The Labute approximate surface area is 103 Å². The van der Waals surface area contributed by atoms with E-state index in [-0.39, 0.29) is 5.97 Å². The van der Waals surface area contributed by atoms with Gasteiger partial charge < -0.3 is 15.4 Å². The minimum atomic E-state index is -0.799. The van der Waals surface area contributed by atoms with Crippen LogP contribution in [0.1, 0.15) is 32.6 Å². The first-order valence-electron chi connectivity index (χ1n) is 6.56. The van der Waals surface area contributed by atoms with E-state index in [1.54, 1.807) is 0 Å². The van der Waals surface area contributed by atoms with Crippen LogP contribution in [-0.2, 0) is 9.53 Å². The standard InChI is InChI=1S/C13H24N2O2/c1-9(10-4-5-10)15(2)8-13(14,11-6-7-11)12(16)17-3/h9-11H,4-8,14H2,1-3H3. The molecule has 4 nitrogen and oxygen atoms in total. The molecular formula is C13H24N2O2. The number of rotatable bonds is 6. The van der Waals surface area contributed by atoms with E-state index >= 15 is 0 Å². The van der Waals surface area contributed by atoms with Crippen LogP contribution in [0.4, 0.5) is 0 Å². The third-order valence-corrected chi connectivity index (χ3v) is 4.38. The quantitative estimate of drug-likeness (QED) is 0.704. The number of nitrogens with two attached hydrogens (primary N) is 1. The van der Waals surface area contributed by atoms with Crippen LogP contribution >= 0.6 is 0 Å². The molecule has 2 N–H and O–H groups in total. The molecule has 0 amide bonds. The van der Waals surface area contributed by atoms with Crippen molar-refractivity contribution >= 4 is 5.97 Å². The Kier molecular flexibility index (Phi) is 3.46. The molecule has 4 heteroatoms. The molecule has 2 aliphatic carbocycles. The van der Waals surface area contributed by atoms with E-state index in [2.05, 4.69) is 18.9 Å². The van der Waals surface area contributed by atoms with Crippen molar-refractivity contribution in [2.45, 2.75) is 44.2 Å². The maximum atomic E-state index is 11.9. The molecule has 0 aromatic heterocycles. The average molecular weight is 240 g/mol. The van der Waals surface area contributed by atoms with Gasteiger partial charge >= 0.3 is 5.97 Å². The van der Waals surface area contributed by atoms with Gasteiger partial charge in [-0.05, 0) is 51.5 Å². The normalized spacial score (nSPS) is 25.5. The zero-order chi connectivity index (χ0) is 12.6. The summed E-state index contributed by atoms with van der Waals surface area (Å²) >= 11 is 0. The molecule has 0 bridgehead atoms. The van der Waals surface area contributed by atoms with Gasteiger partial charge in [0, 0.05) is 12.6 Å². The Hall–Kier alpha value is -0.610. The monoisotopic (exact) mass is 240 g/mol. The second kappa shape index (κ2) is 4.58. The molecule has 0 spiro atoms. The van der Waals surface area contributed by atoms with Gasteiger partial charge in [-0.2, -0.15) is 0 Å². The van der Waals surface area contributed by atoms with Gasteiger partial charge in [0.1, 0.15) is 5.54 Å². The highest BCUT2D eigenvalue weighted by Gasteiger charge is 2.50. The molecule has 0 radical (unpaired) electrons. The summed E-state index contributed by atoms with van der Waals surface area (Å²) in [6, 6.07) is 0.515. The first-order chi connectivity index (χ1) is 7.99. The van der Waals surface area contributed by atoms with Gasteiger partial charge in [0.15, 0.2) is 0 Å². The Morgan fingerprint density at radius 3 is 2.47 bits per heavy atom. The Balaban J connectivity index is 1.99. The molecule has 2 fully saturated rings. The van der Waals surface area contributed by atoms with Gasteiger partial charge in [-0.25, -0.2) is 0 Å². The second-order valence-electron chi connectivity index (χ2n) is 5.80. The van der Waals surface area contributed by atoms with Crippen molar-refractivity contribution in [1.82, 2.24) is 4.90 Å². The van der Waals surface area contributed by atoms with Gasteiger partial charge in [-0.15, -0.1) is 0 Å². The van der Waals surface area contributed by atoms with Crippen LogP contribution in [0.3, 0.4) is 0 Å². The van der Waals surface area contributed by atoms with Gasteiger partial charge in [0.25, 0.3) is 0 Å². The van der Waals surface area contributed by atoms with Gasteiger partial charge in [0.05, 0.1) is 7.11 Å². The summed E-state index contributed by atoms with van der Waals surface area (Å²) in [6.07, 6.45) is 4.73. The molecule has 17 heavy (non-hydrogen) atoms. The summed E-state index contributed by atoms with van der Waals surface area (Å²) < 4.78 is 4.88. The second-order valence-corrected chi connectivity index (χ2v) is 5.80. The van der Waals surface area contributed by atoms with Crippen molar-refractivity contribution < 1.29 is 9.53 Å². The molecular weight excluding hydrogens is 216 g/mol. The topological polar surface area (TPSA) is 55.6 Å². The minimum Gasteiger partial charge on any atom is -0.468 e. The van der Waals surface area contributed by atoms with Crippen molar-refractivity contribution in [2.24, 2.45) is 17.6 Å².